The third kappa shape index (κ3) is 13.2. The molecular formula is C53H60FN11O11. The van der Waals surface area contributed by atoms with Gasteiger partial charge < -0.3 is 41.3 Å². The number of pyridine rings is 1. The van der Waals surface area contributed by atoms with E-state index in [0.717, 1.165) is 16.0 Å². The van der Waals surface area contributed by atoms with Crippen molar-refractivity contribution in [1.29, 1.82) is 0 Å². The summed E-state index contributed by atoms with van der Waals surface area (Å²) < 4.78 is 21.6. The number of benzene rings is 2. The molecule has 400 valence electrons. The number of carbonyl (C=O) groups excluding carboxylic acids is 9. The Morgan fingerprint density at radius 1 is 0.921 bits per heavy atom. The van der Waals surface area contributed by atoms with E-state index in [2.05, 4.69) is 36.9 Å². The van der Waals surface area contributed by atoms with E-state index in [1.54, 1.807) is 61.2 Å². The second-order valence-corrected chi connectivity index (χ2v) is 18.5. The van der Waals surface area contributed by atoms with E-state index in [0.29, 0.717) is 84.0 Å². The molecule has 4 aromatic rings. The molecule has 22 nitrogen and oxygen atoms in total. The number of unbranched alkanes of at least 4 members (excludes halogenated alkanes) is 2. The van der Waals surface area contributed by atoms with Gasteiger partial charge in [-0.3, -0.25) is 43.3 Å². The molecular weight excluding hydrogens is 986 g/mol. The normalized spacial score (nSPS) is 17.2. The predicted molar refractivity (Wildman–Crippen MR) is 271 cm³/mol. The van der Waals surface area contributed by atoms with E-state index in [4.69, 9.17) is 9.72 Å². The Bertz CT molecular complexity index is 3020. The molecule has 0 saturated heterocycles. The van der Waals surface area contributed by atoms with Crippen LogP contribution in [0.5, 0.6) is 0 Å². The Labute approximate surface area is 436 Å². The maximum Gasteiger partial charge on any atom is 0.340 e. The zero-order chi connectivity index (χ0) is 54.7. The predicted octanol–water partition coefficient (Wildman–Crippen LogP) is 1.21. The van der Waals surface area contributed by atoms with Crippen molar-refractivity contribution in [1.82, 2.24) is 56.4 Å². The van der Waals surface area contributed by atoms with Crippen molar-refractivity contribution in [2.24, 2.45) is 0 Å². The molecule has 2 atom stereocenters. The average Bonchev–Trinajstić information content (AvgIpc) is 3.75. The Morgan fingerprint density at radius 3 is 2.33 bits per heavy atom. The molecule has 3 aliphatic heterocycles. The maximum atomic E-state index is 15.1. The number of cyclic esters (lactones) is 1. The summed E-state index contributed by atoms with van der Waals surface area (Å²) in [6, 6.07) is 10.8. The number of imide groups is 1. The Balaban J connectivity index is 0.00000415. The molecule has 0 spiro atoms. The van der Waals surface area contributed by atoms with Gasteiger partial charge in [-0.25, -0.2) is 18.9 Å². The number of ether oxygens (including phenoxy) is 1. The summed E-state index contributed by atoms with van der Waals surface area (Å²) in [6.45, 7) is 4.75. The first-order chi connectivity index (χ1) is 36.5. The summed E-state index contributed by atoms with van der Waals surface area (Å²) in [6.07, 6.45) is 7.30. The van der Waals surface area contributed by atoms with E-state index in [1.165, 1.54) is 24.3 Å². The van der Waals surface area contributed by atoms with Gasteiger partial charge in [0.2, 0.25) is 29.5 Å². The lowest BCUT2D eigenvalue weighted by Crippen LogP contribution is -2.52. The van der Waals surface area contributed by atoms with Crippen LogP contribution in [-0.2, 0) is 72.9 Å². The number of halogens is 1. The number of fused-ring (bicyclic) bond motifs is 2. The van der Waals surface area contributed by atoms with Gasteiger partial charge in [0.15, 0.2) is 6.10 Å². The lowest BCUT2D eigenvalue weighted by atomic mass is 9.97. The summed E-state index contributed by atoms with van der Waals surface area (Å²) in [5.41, 5.74) is 3.68. The van der Waals surface area contributed by atoms with Crippen LogP contribution in [0.4, 0.5) is 4.39 Å². The van der Waals surface area contributed by atoms with Gasteiger partial charge in [0, 0.05) is 73.3 Å². The molecule has 5 heterocycles. The quantitative estimate of drug-likeness (QED) is 0.0279. The van der Waals surface area contributed by atoms with Gasteiger partial charge >= 0.3 is 5.97 Å². The highest BCUT2D eigenvalue weighted by Gasteiger charge is 2.48. The molecule has 1 saturated carbocycles. The number of hydrogen-bond acceptors (Lipinski definition) is 15. The number of carbonyl (C=O) groups is 9. The van der Waals surface area contributed by atoms with Crippen LogP contribution in [0.3, 0.4) is 0 Å². The van der Waals surface area contributed by atoms with Crippen LogP contribution in [0, 0.1) is 12.7 Å². The van der Waals surface area contributed by atoms with E-state index >= 15 is 4.39 Å². The minimum atomic E-state index is -1.69. The molecule has 8 rings (SSSR count). The average molecular weight is 1050 g/mol. The monoisotopic (exact) mass is 1050 g/mol. The van der Waals surface area contributed by atoms with Crippen LogP contribution in [0.15, 0.2) is 78.0 Å². The second kappa shape index (κ2) is 24.7. The fourth-order valence-electron chi connectivity index (χ4n) is 8.90. The lowest BCUT2D eigenvalue weighted by molar-refractivity contribution is -0.152. The smallest absolute Gasteiger partial charge is 0.340 e. The number of rotatable bonds is 22. The highest BCUT2D eigenvalue weighted by molar-refractivity contribution is 6.12. The van der Waals surface area contributed by atoms with Crippen molar-refractivity contribution in [2.75, 3.05) is 39.8 Å². The van der Waals surface area contributed by atoms with E-state index in [1.807, 2.05) is 18.7 Å². The van der Waals surface area contributed by atoms with Crippen molar-refractivity contribution in [3.63, 3.8) is 0 Å². The van der Waals surface area contributed by atoms with Crippen LogP contribution in [-0.4, -0.2) is 140 Å². The first-order valence-electron chi connectivity index (χ1n) is 25.0. The van der Waals surface area contributed by atoms with E-state index < -0.39 is 78.6 Å². The molecule has 0 bridgehead atoms. The minimum Gasteiger partial charge on any atom is -0.459 e. The van der Waals surface area contributed by atoms with Crippen LogP contribution in [0.1, 0.15) is 86.0 Å². The van der Waals surface area contributed by atoms with Gasteiger partial charge in [-0.15, -0.1) is 5.10 Å². The molecule has 2 aromatic carbocycles. The second-order valence-electron chi connectivity index (χ2n) is 18.5. The van der Waals surface area contributed by atoms with Crippen molar-refractivity contribution in [3.8, 4) is 0 Å². The SMILES string of the molecule is CC.Cc1cc2c(Cn3cc(C4(NC(=O)CNC(=O)C(Cc5ccccc5)NC(=O)CNC(=O)CNC(=O)CCCCCN5C(=O)C=CC5=O)CC4)nn3)c3c(nc2cc1F)/C(=C/C1=C(C=O)COC(=O)C1O)N(C)C3. The molecule has 23 heteroatoms. The minimum absolute atomic E-state index is 0.0652. The number of nitrogens with one attached hydrogen (secondary N) is 5. The van der Waals surface area contributed by atoms with Crippen LogP contribution in [0.2, 0.25) is 0 Å². The maximum absolute atomic E-state index is 15.1. The van der Waals surface area contributed by atoms with Gasteiger partial charge in [0.25, 0.3) is 11.8 Å². The van der Waals surface area contributed by atoms with Gasteiger partial charge in [0.05, 0.1) is 54.8 Å². The number of hydrogen-bond donors (Lipinski definition) is 6. The third-order valence-electron chi connectivity index (χ3n) is 13.1. The standard InChI is InChI=1S/C51H54FN11O11.C2H6/c1-29-17-33-34(35-24-61(2)39(47(35)57-37(33)20-36(29)52)19-32-31(27-64)28-74-50(73)48(32)71)25-62-26-40(59-60-62)51(14-15-51)58-44(68)23-55-49(72)38(18-30-9-5-3-6-10-30)56-43(67)22-54-42(66)21-53-41(65)11-7-4-8-16-63-45(69)12-13-46(63)70;1-2/h3,5-6,9-10,12-13,17,19-20,26-27,38,48,71H,4,7-8,11,14-16,18,21-25,28H2,1-2H3,(H,53,65)(H,54,66)(H,55,72)(H,56,67)(H,58,68);1-2H3/b39-19-;. The molecule has 7 amide bonds. The first kappa shape index (κ1) is 55.3. The van der Waals surface area contributed by atoms with Gasteiger partial charge in [0.1, 0.15) is 30.4 Å². The van der Waals surface area contributed by atoms with Crippen LogP contribution < -0.4 is 26.6 Å². The number of esters is 1. The number of amides is 7. The van der Waals surface area contributed by atoms with E-state index in [9.17, 15) is 48.3 Å². The molecule has 2 unspecified atom stereocenters. The molecule has 76 heavy (non-hydrogen) atoms. The molecule has 4 aliphatic rings. The van der Waals surface area contributed by atoms with Gasteiger partial charge in [-0.05, 0) is 61.4 Å². The summed E-state index contributed by atoms with van der Waals surface area (Å²) in [4.78, 5) is 120. The molecule has 0 radical (unpaired) electrons. The molecule has 2 aromatic heterocycles. The topological polar surface area (TPSA) is 293 Å². The van der Waals surface area contributed by atoms with Crippen molar-refractivity contribution in [3.05, 3.63) is 117 Å². The van der Waals surface area contributed by atoms with Crippen molar-refractivity contribution < 1.29 is 57.4 Å². The lowest BCUT2D eigenvalue weighted by Gasteiger charge is -2.21. The highest BCUT2D eigenvalue weighted by Crippen LogP contribution is 2.45. The third-order valence-corrected chi connectivity index (χ3v) is 13.1. The number of aliphatic hydroxyl groups excluding tert-OH is 1. The number of aliphatic hydroxyl groups is 1. The fourth-order valence-corrected chi connectivity index (χ4v) is 8.90. The van der Waals surface area contributed by atoms with Crippen molar-refractivity contribution >= 4 is 70.2 Å². The first-order valence-corrected chi connectivity index (χ1v) is 25.0. The van der Waals surface area contributed by atoms with Gasteiger partial charge in [-0.2, -0.15) is 0 Å². The summed E-state index contributed by atoms with van der Waals surface area (Å²) >= 11 is 0. The number of aldehydes is 1. The number of nitrogens with zero attached hydrogens (tertiary/aromatic N) is 6. The van der Waals surface area contributed by atoms with Crippen LogP contribution in [0.25, 0.3) is 16.6 Å². The van der Waals surface area contributed by atoms with Crippen LogP contribution >= 0.6 is 0 Å². The molecule has 1 fully saturated rings. The summed E-state index contributed by atoms with van der Waals surface area (Å²) in [5.74, 6) is -5.00. The van der Waals surface area contributed by atoms with Gasteiger partial charge in [-0.1, -0.05) is 55.8 Å². The molecule has 6 N–H and O–H groups in total. The zero-order valence-electron chi connectivity index (χ0n) is 42.6. The number of aryl methyl sites for hydroxylation is 1. The number of aromatic nitrogens is 4. The van der Waals surface area contributed by atoms with Crippen molar-refractivity contribution in [2.45, 2.75) is 96.5 Å². The Kier molecular flexibility index (Phi) is 18.0. The summed E-state index contributed by atoms with van der Waals surface area (Å²) in [7, 11) is 1.78. The van der Waals surface area contributed by atoms with E-state index in [-0.39, 0.29) is 55.5 Å². The highest BCUT2D eigenvalue weighted by atomic mass is 19.1. The zero-order valence-corrected chi connectivity index (χ0v) is 42.6. The fraction of sp³-hybridized carbons (Fsp3) is 0.396. The largest absolute Gasteiger partial charge is 0.459 e. The molecule has 1 aliphatic carbocycles. The summed E-state index contributed by atoms with van der Waals surface area (Å²) in [5, 5.41) is 33.2. The Morgan fingerprint density at radius 2 is 1.62 bits per heavy atom. The Hall–Kier alpha value is -8.47.